The molecule has 0 amide bonds. The highest BCUT2D eigenvalue weighted by Crippen LogP contribution is 2.67. The van der Waals surface area contributed by atoms with E-state index in [1.165, 1.54) is 0 Å². The van der Waals surface area contributed by atoms with Gasteiger partial charge >= 0.3 is 0 Å². The molecule has 1 fully saturated rings. The summed E-state index contributed by atoms with van der Waals surface area (Å²) in [4.78, 5) is 31.3. The van der Waals surface area contributed by atoms with Crippen molar-refractivity contribution in [1.29, 1.82) is 0 Å². The van der Waals surface area contributed by atoms with E-state index < -0.39 is 11.0 Å². The molecule has 2 aliphatic carbocycles. The van der Waals surface area contributed by atoms with Gasteiger partial charge in [0.05, 0.1) is 5.41 Å². The number of nitrogens with zero attached hydrogens (tertiary/aromatic N) is 1. The molecular formula is C30H23NO2. The number of hydrogen-bond donors (Lipinski definition) is 0. The minimum atomic E-state index is -1.02. The summed E-state index contributed by atoms with van der Waals surface area (Å²) >= 11 is 0. The van der Waals surface area contributed by atoms with Gasteiger partial charge in [-0.05, 0) is 40.9 Å². The molecule has 0 N–H and O–H groups in total. The molecule has 4 aromatic carbocycles. The van der Waals surface area contributed by atoms with E-state index in [1.807, 2.05) is 61.6 Å². The second-order valence-electron chi connectivity index (χ2n) is 9.73. The van der Waals surface area contributed by atoms with Crippen molar-refractivity contribution < 1.29 is 9.59 Å². The van der Waals surface area contributed by atoms with Crippen LogP contribution in [-0.2, 0) is 12.0 Å². The molecule has 7 rings (SSSR count). The minimum absolute atomic E-state index is 0.0661. The van der Waals surface area contributed by atoms with Gasteiger partial charge in [0.15, 0.2) is 11.6 Å². The van der Waals surface area contributed by atoms with E-state index in [1.54, 1.807) is 0 Å². The van der Waals surface area contributed by atoms with Crippen LogP contribution in [0.1, 0.15) is 43.3 Å². The number of ketones is 2. The summed E-state index contributed by atoms with van der Waals surface area (Å²) in [5.41, 5.74) is 2.76. The molecule has 1 heterocycles. The first-order valence-electron chi connectivity index (χ1n) is 11.6. The number of likely N-dealkylation sites (N-methyl/N-ethyl adjacent to an activating group) is 1. The lowest BCUT2D eigenvalue weighted by Crippen LogP contribution is -2.57. The Morgan fingerprint density at radius 3 is 2.24 bits per heavy atom. The second-order valence-corrected chi connectivity index (χ2v) is 9.73. The SMILES string of the molecule is CN1C[C@H](c2ccccc2)[C@]2(Cc3ccccc3C2=O)[C@]12C(=O)c1cccc3cccc2c13. The molecule has 1 aliphatic heterocycles. The number of likely N-dealkylation sites (tertiary alicyclic amines) is 1. The average molecular weight is 430 g/mol. The standard InChI is InChI=1S/C30H23NO2/c1-31-18-25(19-9-3-2-4-10-19)29(17-21-11-5-6-14-22(21)27(29)32)30(31)24-16-8-13-20-12-7-15-23(26(20)24)28(30)33/h2-16,25H,17-18H2,1H3/t25-,29+,30+/m1/s1. The molecule has 3 aliphatic rings. The van der Waals surface area contributed by atoms with Crippen LogP contribution in [0.5, 0.6) is 0 Å². The van der Waals surface area contributed by atoms with Gasteiger partial charge in [-0.15, -0.1) is 0 Å². The van der Waals surface area contributed by atoms with Crippen molar-refractivity contribution in [2.45, 2.75) is 17.9 Å². The maximum atomic E-state index is 14.6. The number of benzene rings is 4. The van der Waals surface area contributed by atoms with Gasteiger partial charge in [0.25, 0.3) is 0 Å². The largest absolute Gasteiger partial charge is 0.293 e. The first-order chi connectivity index (χ1) is 16.1. The molecule has 0 unspecified atom stereocenters. The summed E-state index contributed by atoms with van der Waals surface area (Å²) in [5.74, 6) is 0.0861. The molecule has 1 saturated heterocycles. The summed E-state index contributed by atoms with van der Waals surface area (Å²) < 4.78 is 0. The van der Waals surface area contributed by atoms with E-state index in [0.717, 1.165) is 38.6 Å². The van der Waals surface area contributed by atoms with Crippen molar-refractivity contribution >= 4 is 22.3 Å². The third kappa shape index (κ3) is 2.01. The lowest BCUT2D eigenvalue weighted by Gasteiger charge is -2.44. The highest BCUT2D eigenvalue weighted by Gasteiger charge is 2.74. The predicted octanol–water partition coefficient (Wildman–Crippen LogP) is 5.39. The van der Waals surface area contributed by atoms with Crippen molar-refractivity contribution in [3.8, 4) is 0 Å². The zero-order valence-electron chi connectivity index (χ0n) is 18.4. The van der Waals surface area contributed by atoms with Gasteiger partial charge < -0.3 is 0 Å². The smallest absolute Gasteiger partial charge is 0.189 e. The Bertz CT molecular complexity index is 1480. The number of rotatable bonds is 1. The maximum absolute atomic E-state index is 14.6. The summed E-state index contributed by atoms with van der Waals surface area (Å²) in [6.07, 6.45) is 0.571. The van der Waals surface area contributed by atoms with Crippen LogP contribution in [0.15, 0.2) is 91.0 Å². The Hall–Kier alpha value is -3.56. The molecule has 0 aromatic heterocycles. The number of Topliss-reactive ketones (excluding diaryl/α,β-unsaturated/α-hetero) is 2. The lowest BCUT2D eigenvalue weighted by atomic mass is 9.58. The van der Waals surface area contributed by atoms with Gasteiger partial charge in [0.1, 0.15) is 5.54 Å². The summed E-state index contributed by atoms with van der Waals surface area (Å²) in [6, 6.07) is 30.4. The number of carbonyl (C=O) groups excluding carboxylic acids is 2. The number of carbonyl (C=O) groups is 2. The summed E-state index contributed by atoms with van der Waals surface area (Å²) in [5, 5.41) is 2.07. The van der Waals surface area contributed by atoms with E-state index in [-0.39, 0.29) is 17.5 Å². The molecule has 3 atom stereocenters. The normalized spacial score (nSPS) is 27.8. The Balaban J connectivity index is 1.60. The molecular weight excluding hydrogens is 406 g/mol. The van der Waals surface area contributed by atoms with Crippen molar-refractivity contribution in [2.24, 2.45) is 5.41 Å². The number of fused-ring (bicyclic) bond motifs is 3. The Morgan fingerprint density at radius 1 is 0.758 bits per heavy atom. The van der Waals surface area contributed by atoms with Crippen LogP contribution < -0.4 is 0 Å². The fourth-order valence-electron chi connectivity index (χ4n) is 7.30. The first-order valence-corrected chi connectivity index (χ1v) is 11.6. The molecule has 3 nitrogen and oxygen atoms in total. The van der Waals surface area contributed by atoms with Crippen LogP contribution >= 0.6 is 0 Å². The molecule has 4 aromatic rings. The van der Waals surface area contributed by atoms with Gasteiger partial charge in [-0.3, -0.25) is 14.5 Å². The lowest BCUT2D eigenvalue weighted by molar-refractivity contribution is 0.0342. The second kappa shape index (κ2) is 6.27. The van der Waals surface area contributed by atoms with E-state index in [4.69, 9.17) is 0 Å². The fourth-order valence-corrected chi connectivity index (χ4v) is 7.30. The number of hydrogen-bond acceptors (Lipinski definition) is 3. The molecule has 33 heavy (non-hydrogen) atoms. The Morgan fingerprint density at radius 2 is 1.45 bits per heavy atom. The summed E-state index contributed by atoms with van der Waals surface area (Å²) in [6.45, 7) is 0.653. The third-order valence-corrected chi connectivity index (χ3v) is 8.48. The topological polar surface area (TPSA) is 37.4 Å². The van der Waals surface area contributed by atoms with Gasteiger partial charge in [-0.1, -0.05) is 91.0 Å². The fraction of sp³-hybridized carbons (Fsp3) is 0.200. The van der Waals surface area contributed by atoms with Gasteiger partial charge in [-0.2, -0.15) is 0 Å². The van der Waals surface area contributed by atoms with E-state index in [9.17, 15) is 9.59 Å². The van der Waals surface area contributed by atoms with Crippen LogP contribution in [0.3, 0.4) is 0 Å². The van der Waals surface area contributed by atoms with Crippen LogP contribution in [0, 0.1) is 5.41 Å². The first kappa shape index (κ1) is 19.0. The van der Waals surface area contributed by atoms with E-state index >= 15 is 0 Å². The highest BCUT2D eigenvalue weighted by atomic mass is 16.1. The van der Waals surface area contributed by atoms with Crippen molar-refractivity contribution in [3.05, 3.63) is 119 Å². The molecule has 0 bridgehead atoms. The van der Waals surface area contributed by atoms with Crippen LogP contribution in [0.4, 0.5) is 0 Å². The summed E-state index contributed by atoms with van der Waals surface area (Å²) in [7, 11) is 2.03. The Kier molecular flexibility index (Phi) is 3.60. The monoisotopic (exact) mass is 429 g/mol. The molecule has 0 radical (unpaired) electrons. The van der Waals surface area contributed by atoms with Crippen LogP contribution in [-0.4, -0.2) is 30.1 Å². The van der Waals surface area contributed by atoms with Crippen molar-refractivity contribution in [2.75, 3.05) is 13.6 Å². The predicted molar refractivity (Wildman–Crippen MR) is 129 cm³/mol. The van der Waals surface area contributed by atoms with Crippen LogP contribution in [0.2, 0.25) is 0 Å². The molecule has 0 saturated carbocycles. The highest BCUT2D eigenvalue weighted by molar-refractivity contribution is 6.24. The van der Waals surface area contributed by atoms with Gasteiger partial charge in [0.2, 0.25) is 0 Å². The maximum Gasteiger partial charge on any atom is 0.189 e. The minimum Gasteiger partial charge on any atom is -0.293 e. The van der Waals surface area contributed by atoms with Crippen molar-refractivity contribution in [3.63, 3.8) is 0 Å². The van der Waals surface area contributed by atoms with E-state index in [2.05, 4.69) is 41.3 Å². The molecule has 2 spiro atoms. The Labute approximate surface area is 192 Å². The van der Waals surface area contributed by atoms with Gasteiger partial charge in [-0.25, -0.2) is 0 Å². The molecule has 160 valence electrons. The molecule has 3 heteroatoms. The van der Waals surface area contributed by atoms with E-state index in [0.29, 0.717) is 13.0 Å². The average Bonchev–Trinajstić information content (AvgIpc) is 3.40. The quantitative estimate of drug-likeness (QED) is 0.407. The van der Waals surface area contributed by atoms with Gasteiger partial charge in [0, 0.05) is 23.6 Å². The van der Waals surface area contributed by atoms with Crippen LogP contribution in [0.25, 0.3) is 10.8 Å². The van der Waals surface area contributed by atoms with Crippen molar-refractivity contribution in [1.82, 2.24) is 4.90 Å². The zero-order chi connectivity index (χ0) is 22.4. The third-order valence-electron chi connectivity index (χ3n) is 8.48. The zero-order valence-corrected chi connectivity index (χ0v) is 18.4.